The maximum Gasteiger partial charge on any atom is 0.354 e. The number of hydrogen-bond donors (Lipinski definition) is 2. The van der Waals surface area contributed by atoms with Crippen LogP contribution in [0.1, 0.15) is 54.3 Å². The summed E-state index contributed by atoms with van der Waals surface area (Å²) in [7, 11) is 1.62. The second kappa shape index (κ2) is 5.85. The third kappa shape index (κ3) is 2.41. The van der Waals surface area contributed by atoms with Crippen molar-refractivity contribution in [2.45, 2.75) is 45.3 Å². The molecule has 6 nitrogen and oxygen atoms in total. The SMILES string of the molecule is CCC(CC)(OC)c1nc2c(c(C(=O)O)n1)CNCC2. The predicted octanol–water partition coefficient (Wildman–Crippen LogP) is 1.48. The van der Waals surface area contributed by atoms with Crippen molar-refractivity contribution in [2.75, 3.05) is 13.7 Å². The molecule has 0 bridgehead atoms. The van der Waals surface area contributed by atoms with Crippen LogP contribution >= 0.6 is 0 Å². The van der Waals surface area contributed by atoms with Crippen LogP contribution in [0, 0.1) is 0 Å². The predicted molar refractivity (Wildman–Crippen MR) is 73.7 cm³/mol. The molecule has 6 heteroatoms. The maximum absolute atomic E-state index is 11.5. The lowest BCUT2D eigenvalue weighted by Crippen LogP contribution is -2.34. The first-order valence-corrected chi connectivity index (χ1v) is 6.97. The molecule has 0 fully saturated rings. The van der Waals surface area contributed by atoms with Gasteiger partial charge >= 0.3 is 5.97 Å². The quantitative estimate of drug-likeness (QED) is 0.849. The van der Waals surface area contributed by atoms with Crippen LogP contribution in [-0.4, -0.2) is 34.7 Å². The second-order valence-electron chi connectivity index (χ2n) is 4.96. The first-order valence-electron chi connectivity index (χ1n) is 6.97. The van der Waals surface area contributed by atoms with Crippen LogP contribution in [0.25, 0.3) is 0 Å². The summed E-state index contributed by atoms with van der Waals surface area (Å²) in [4.78, 5) is 20.4. The number of hydrogen-bond acceptors (Lipinski definition) is 5. The van der Waals surface area contributed by atoms with Gasteiger partial charge in [0.1, 0.15) is 5.60 Å². The number of carbonyl (C=O) groups is 1. The van der Waals surface area contributed by atoms with Gasteiger partial charge in [0.25, 0.3) is 0 Å². The van der Waals surface area contributed by atoms with Gasteiger partial charge in [-0.15, -0.1) is 0 Å². The van der Waals surface area contributed by atoms with Crippen LogP contribution in [0.5, 0.6) is 0 Å². The molecule has 0 aliphatic carbocycles. The fourth-order valence-electron chi connectivity index (χ4n) is 2.67. The Morgan fingerprint density at radius 2 is 2.10 bits per heavy atom. The van der Waals surface area contributed by atoms with Gasteiger partial charge in [0.15, 0.2) is 11.5 Å². The first kappa shape index (κ1) is 14.9. The van der Waals surface area contributed by atoms with Crippen molar-refractivity contribution < 1.29 is 14.6 Å². The highest BCUT2D eigenvalue weighted by Gasteiger charge is 2.34. The second-order valence-corrected chi connectivity index (χ2v) is 4.96. The summed E-state index contributed by atoms with van der Waals surface area (Å²) in [5, 5.41) is 12.6. The Morgan fingerprint density at radius 1 is 1.40 bits per heavy atom. The summed E-state index contributed by atoms with van der Waals surface area (Å²) in [5.41, 5.74) is 1.02. The van der Waals surface area contributed by atoms with Crippen LogP contribution < -0.4 is 5.32 Å². The largest absolute Gasteiger partial charge is 0.476 e. The van der Waals surface area contributed by atoms with Gasteiger partial charge in [0.2, 0.25) is 0 Å². The third-order valence-corrected chi connectivity index (χ3v) is 4.08. The molecule has 2 heterocycles. The van der Waals surface area contributed by atoms with E-state index in [4.69, 9.17) is 4.74 Å². The topological polar surface area (TPSA) is 84.3 Å². The number of nitrogens with one attached hydrogen (secondary N) is 1. The molecule has 0 amide bonds. The highest BCUT2D eigenvalue weighted by molar-refractivity contribution is 5.87. The Morgan fingerprint density at radius 3 is 2.65 bits per heavy atom. The monoisotopic (exact) mass is 279 g/mol. The Kier molecular flexibility index (Phi) is 4.35. The van der Waals surface area contributed by atoms with Gasteiger partial charge in [-0.05, 0) is 12.8 Å². The molecule has 1 aliphatic heterocycles. The molecule has 0 saturated carbocycles. The minimum atomic E-state index is -1.01. The molecule has 2 N–H and O–H groups in total. The average molecular weight is 279 g/mol. The number of aromatic nitrogens is 2. The lowest BCUT2D eigenvalue weighted by Gasteiger charge is -2.30. The highest BCUT2D eigenvalue weighted by atomic mass is 16.5. The van der Waals surface area contributed by atoms with E-state index in [0.717, 1.165) is 18.7 Å². The van der Waals surface area contributed by atoms with E-state index in [-0.39, 0.29) is 5.69 Å². The van der Waals surface area contributed by atoms with E-state index in [1.165, 1.54) is 0 Å². The van der Waals surface area contributed by atoms with Gasteiger partial charge in [0.05, 0.1) is 5.69 Å². The fraction of sp³-hybridized carbons (Fsp3) is 0.643. The number of aromatic carboxylic acids is 1. The molecule has 1 aromatic heterocycles. The normalized spacial score (nSPS) is 14.9. The lowest BCUT2D eigenvalue weighted by molar-refractivity contribution is -0.0295. The summed E-state index contributed by atoms with van der Waals surface area (Å²) < 4.78 is 5.61. The molecule has 0 atom stereocenters. The van der Waals surface area contributed by atoms with Crippen molar-refractivity contribution in [3.8, 4) is 0 Å². The lowest BCUT2D eigenvalue weighted by atomic mass is 9.94. The zero-order valence-corrected chi connectivity index (χ0v) is 12.2. The summed E-state index contributed by atoms with van der Waals surface area (Å²) in [5.74, 6) is -0.520. The number of nitrogens with zero attached hydrogens (tertiary/aromatic N) is 2. The smallest absolute Gasteiger partial charge is 0.354 e. The van der Waals surface area contributed by atoms with Gasteiger partial charge in [-0.1, -0.05) is 13.8 Å². The van der Waals surface area contributed by atoms with Crippen molar-refractivity contribution in [3.63, 3.8) is 0 Å². The molecule has 2 rings (SSSR count). The van der Waals surface area contributed by atoms with Crippen molar-refractivity contribution in [2.24, 2.45) is 0 Å². The molecular weight excluding hydrogens is 258 g/mol. The zero-order valence-electron chi connectivity index (χ0n) is 12.2. The van der Waals surface area contributed by atoms with Crippen molar-refractivity contribution in [1.29, 1.82) is 0 Å². The Labute approximate surface area is 118 Å². The third-order valence-electron chi connectivity index (χ3n) is 4.08. The van der Waals surface area contributed by atoms with Crippen molar-refractivity contribution in [1.82, 2.24) is 15.3 Å². The average Bonchev–Trinajstić information content (AvgIpc) is 2.48. The molecular formula is C14H21N3O3. The number of carboxylic acids is 1. The minimum Gasteiger partial charge on any atom is -0.476 e. The minimum absolute atomic E-state index is 0.0977. The molecule has 0 spiro atoms. The molecule has 20 heavy (non-hydrogen) atoms. The van der Waals surface area contributed by atoms with Gasteiger partial charge in [0, 0.05) is 32.2 Å². The van der Waals surface area contributed by atoms with E-state index in [0.29, 0.717) is 30.8 Å². The van der Waals surface area contributed by atoms with E-state index in [1.807, 2.05) is 13.8 Å². The Bertz CT molecular complexity index is 504. The van der Waals surface area contributed by atoms with Gasteiger partial charge < -0.3 is 15.2 Å². The fourth-order valence-corrected chi connectivity index (χ4v) is 2.67. The van der Waals surface area contributed by atoms with E-state index in [2.05, 4.69) is 15.3 Å². The number of fused-ring (bicyclic) bond motifs is 1. The Balaban J connectivity index is 2.60. The highest BCUT2D eigenvalue weighted by Crippen LogP contribution is 2.31. The van der Waals surface area contributed by atoms with Crippen LogP contribution in [0.3, 0.4) is 0 Å². The number of ether oxygens (including phenoxy) is 1. The molecule has 0 saturated heterocycles. The summed E-state index contributed by atoms with van der Waals surface area (Å²) in [6, 6.07) is 0. The first-order chi connectivity index (χ1) is 9.57. The molecule has 1 aliphatic rings. The zero-order chi connectivity index (χ0) is 14.8. The van der Waals surface area contributed by atoms with E-state index >= 15 is 0 Å². The van der Waals surface area contributed by atoms with E-state index in [1.54, 1.807) is 7.11 Å². The summed E-state index contributed by atoms with van der Waals surface area (Å²) in [6.07, 6.45) is 2.13. The van der Waals surface area contributed by atoms with Crippen LogP contribution in [0.4, 0.5) is 0 Å². The molecule has 0 unspecified atom stereocenters. The maximum atomic E-state index is 11.5. The van der Waals surface area contributed by atoms with E-state index in [9.17, 15) is 9.90 Å². The van der Waals surface area contributed by atoms with Crippen LogP contribution in [0.2, 0.25) is 0 Å². The van der Waals surface area contributed by atoms with Crippen LogP contribution in [0.15, 0.2) is 0 Å². The molecule has 0 radical (unpaired) electrons. The van der Waals surface area contributed by atoms with Crippen molar-refractivity contribution >= 4 is 5.97 Å². The Hall–Kier alpha value is -1.53. The van der Waals surface area contributed by atoms with Gasteiger partial charge in [-0.2, -0.15) is 0 Å². The van der Waals surface area contributed by atoms with Gasteiger partial charge in [-0.25, -0.2) is 14.8 Å². The summed E-state index contributed by atoms with van der Waals surface area (Å²) in [6.45, 7) is 5.31. The summed E-state index contributed by atoms with van der Waals surface area (Å²) >= 11 is 0. The van der Waals surface area contributed by atoms with Gasteiger partial charge in [-0.3, -0.25) is 0 Å². The standard InChI is InChI=1S/C14H21N3O3/c1-4-14(5-2,20-3)13-16-10-6-7-15-8-9(10)11(17-13)12(18)19/h15H,4-8H2,1-3H3,(H,18,19). The van der Waals surface area contributed by atoms with E-state index < -0.39 is 11.6 Å². The van der Waals surface area contributed by atoms with Crippen molar-refractivity contribution in [3.05, 3.63) is 22.8 Å². The molecule has 1 aromatic rings. The van der Waals surface area contributed by atoms with Crippen LogP contribution in [-0.2, 0) is 23.3 Å². The molecule has 0 aromatic carbocycles. The number of methoxy groups -OCH3 is 1. The number of carboxylic acid groups (broad SMARTS) is 1. The number of rotatable bonds is 5. The molecule has 110 valence electrons.